The normalized spacial score (nSPS) is 11.1. The Morgan fingerprint density at radius 3 is 1.93 bits per heavy atom. The summed E-state index contributed by atoms with van der Waals surface area (Å²) in [5.74, 6) is 0.715. The fourth-order valence-corrected chi connectivity index (χ4v) is 3.30. The molecule has 0 aliphatic rings. The van der Waals surface area contributed by atoms with E-state index in [1.54, 1.807) is 7.11 Å². The second kappa shape index (κ2) is 18.3. The number of carbonyl (C=O) groups excluding carboxylic acids is 1. The van der Waals surface area contributed by atoms with Crippen molar-refractivity contribution in [3.63, 3.8) is 0 Å². The van der Waals surface area contributed by atoms with Crippen LogP contribution >= 0.6 is 0 Å². The topological polar surface area (TPSA) is 35.5 Å². The largest absolute Gasteiger partial charge is 0.497 e. The first kappa shape index (κ1) is 25.3. The van der Waals surface area contributed by atoms with Crippen LogP contribution in [-0.4, -0.2) is 13.1 Å². The van der Waals surface area contributed by atoms with Gasteiger partial charge in [-0.25, -0.2) is 0 Å². The molecule has 0 N–H and O–H groups in total. The average molecular weight is 403 g/mol. The minimum atomic E-state index is -0.0987. The number of rotatable bonds is 18. The third-order valence-corrected chi connectivity index (χ3v) is 5.20. The molecule has 0 unspecified atom stereocenters. The predicted molar refractivity (Wildman–Crippen MR) is 122 cm³/mol. The van der Waals surface area contributed by atoms with Gasteiger partial charge in [0.2, 0.25) is 0 Å². The van der Waals surface area contributed by atoms with Gasteiger partial charge in [0, 0.05) is 6.42 Å². The van der Waals surface area contributed by atoms with Crippen molar-refractivity contribution in [3.05, 3.63) is 42.0 Å². The lowest BCUT2D eigenvalue weighted by molar-refractivity contribution is -0.145. The summed E-state index contributed by atoms with van der Waals surface area (Å²) in [6, 6.07) is 7.61. The van der Waals surface area contributed by atoms with Gasteiger partial charge in [0.25, 0.3) is 0 Å². The Kier molecular flexibility index (Phi) is 15.9. The zero-order chi connectivity index (χ0) is 21.0. The summed E-state index contributed by atoms with van der Waals surface area (Å²) in [5.41, 5.74) is 0.990. The zero-order valence-electron chi connectivity index (χ0n) is 18.8. The van der Waals surface area contributed by atoms with Crippen LogP contribution in [0.4, 0.5) is 0 Å². The Morgan fingerprint density at radius 1 is 0.793 bits per heavy atom. The highest BCUT2D eigenvalue weighted by Crippen LogP contribution is 2.13. The van der Waals surface area contributed by atoms with E-state index in [0.717, 1.165) is 24.2 Å². The van der Waals surface area contributed by atoms with Crippen molar-refractivity contribution in [1.29, 1.82) is 0 Å². The maximum absolute atomic E-state index is 11.8. The summed E-state index contributed by atoms with van der Waals surface area (Å²) in [5, 5.41) is 0. The molecule has 0 bridgehead atoms. The number of hydrogen-bond donors (Lipinski definition) is 0. The molecule has 0 atom stereocenters. The molecule has 0 amide bonds. The number of ether oxygens (including phenoxy) is 2. The van der Waals surface area contributed by atoms with Crippen LogP contribution in [0.2, 0.25) is 0 Å². The molecule has 0 aliphatic carbocycles. The molecular weight excluding hydrogens is 360 g/mol. The van der Waals surface area contributed by atoms with Gasteiger partial charge in [0.05, 0.1) is 7.11 Å². The van der Waals surface area contributed by atoms with Gasteiger partial charge in [-0.05, 0) is 49.8 Å². The molecule has 0 aromatic heterocycles. The highest BCUT2D eigenvalue weighted by molar-refractivity contribution is 5.69. The standard InChI is InChI=1S/C26H42O3/c1-3-4-5-6-7-8-9-10-11-12-13-14-15-16-17-18-26(27)29-23-24-19-21-25(28-2)22-20-24/h10-11,19-22H,3-9,12-18,23H2,1-2H3/b11-10-. The third-order valence-electron chi connectivity index (χ3n) is 5.20. The number of carbonyl (C=O) groups is 1. The van der Waals surface area contributed by atoms with Gasteiger partial charge < -0.3 is 9.47 Å². The average Bonchev–Trinajstić information content (AvgIpc) is 2.75. The molecule has 1 rings (SSSR count). The van der Waals surface area contributed by atoms with Crippen LogP contribution < -0.4 is 4.74 Å². The van der Waals surface area contributed by atoms with E-state index in [1.165, 1.54) is 70.6 Å². The fourth-order valence-electron chi connectivity index (χ4n) is 3.30. The van der Waals surface area contributed by atoms with Gasteiger partial charge in [-0.3, -0.25) is 4.79 Å². The van der Waals surface area contributed by atoms with Crippen LogP contribution in [0.5, 0.6) is 5.75 Å². The highest BCUT2D eigenvalue weighted by Gasteiger charge is 2.03. The summed E-state index contributed by atoms with van der Waals surface area (Å²) >= 11 is 0. The van der Waals surface area contributed by atoms with Crippen LogP contribution in [0.1, 0.15) is 102 Å². The first-order chi connectivity index (χ1) is 14.3. The molecule has 0 saturated carbocycles. The Hall–Kier alpha value is -1.77. The molecule has 164 valence electrons. The highest BCUT2D eigenvalue weighted by atomic mass is 16.5. The van der Waals surface area contributed by atoms with Crippen molar-refractivity contribution in [2.45, 2.75) is 103 Å². The van der Waals surface area contributed by atoms with Crippen molar-refractivity contribution in [1.82, 2.24) is 0 Å². The number of benzene rings is 1. The number of esters is 1. The van der Waals surface area contributed by atoms with Crippen LogP contribution in [0, 0.1) is 0 Å². The molecule has 0 aliphatic heterocycles. The van der Waals surface area contributed by atoms with Crippen molar-refractivity contribution >= 4 is 5.97 Å². The molecule has 0 heterocycles. The number of unbranched alkanes of at least 4 members (excludes halogenated alkanes) is 11. The summed E-state index contributed by atoms with van der Waals surface area (Å²) in [6.07, 6.45) is 21.7. The Labute approximate surface area is 178 Å². The van der Waals surface area contributed by atoms with Crippen LogP contribution in [0.25, 0.3) is 0 Å². The SMILES string of the molecule is CCCCCCCC/C=C\CCCCCCCC(=O)OCc1ccc(OC)cc1. The van der Waals surface area contributed by atoms with E-state index in [1.807, 2.05) is 24.3 Å². The van der Waals surface area contributed by atoms with E-state index >= 15 is 0 Å². The molecule has 3 heteroatoms. The van der Waals surface area contributed by atoms with E-state index < -0.39 is 0 Å². The van der Waals surface area contributed by atoms with E-state index in [9.17, 15) is 4.79 Å². The van der Waals surface area contributed by atoms with Gasteiger partial charge >= 0.3 is 5.97 Å². The lowest BCUT2D eigenvalue weighted by Gasteiger charge is -2.06. The third kappa shape index (κ3) is 14.8. The van der Waals surface area contributed by atoms with E-state index in [2.05, 4.69) is 19.1 Å². The first-order valence-electron chi connectivity index (χ1n) is 11.7. The van der Waals surface area contributed by atoms with Gasteiger partial charge in [-0.2, -0.15) is 0 Å². The Bertz CT molecular complexity index is 533. The summed E-state index contributed by atoms with van der Waals surface area (Å²) in [7, 11) is 1.64. The van der Waals surface area contributed by atoms with E-state index in [4.69, 9.17) is 9.47 Å². The molecular formula is C26H42O3. The Balaban J connectivity index is 1.87. The number of hydrogen-bond acceptors (Lipinski definition) is 3. The van der Waals surface area contributed by atoms with Crippen molar-refractivity contribution in [2.75, 3.05) is 7.11 Å². The lowest BCUT2D eigenvalue weighted by atomic mass is 10.1. The smallest absolute Gasteiger partial charge is 0.306 e. The van der Waals surface area contributed by atoms with Gasteiger partial charge in [0.1, 0.15) is 12.4 Å². The lowest BCUT2D eigenvalue weighted by Crippen LogP contribution is -2.04. The molecule has 29 heavy (non-hydrogen) atoms. The first-order valence-corrected chi connectivity index (χ1v) is 11.7. The molecule has 1 aromatic rings. The van der Waals surface area contributed by atoms with Crippen molar-refractivity contribution in [2.24, 2.45) is 0 Å². The van der Waals surface area contributed by atoms with Gasteiger partial charge in [-0.1, -0.05) is 82.6 Å². The van der Waals surface area contributed by atoms with Crippen LogP contribution in [-0.2, 0) is 16.1 Å². The second-order valence-electron chi connectivity index (χ2n) is 7.84. The molecule has 0 fully saturated rings. The fraction of sp³-hybridized carbons (Fsp3) is 0.654. The monoisotopic (exact) mass is 402 g/mol. The van der Waals surface area contributed by atoms with E-state index in [0.29, 0.717) is 13.0 Å². The Morgan fingerprint density at radius 2 is 1.34 bits per heavy atom. The van der Waals surface area contributed by atoms with Gasteiger partial charge in [0.15, 0.2) is 0 Å². The van der Waals surface area contributed by atoms with Crippen molar-refractivity contribution < 1.29 is 14.3 Å². The quantitative estimate of drug-likeness (QED) is 0.143. The minimum absolute atomic E-state index is 0.0987. The zero-order valence-corrected chi connectivity index (χ0v) is 18.8. The molecule has 0 radical (unpaired) electrons. The summed E-state index contributed by atoms with van der Waals surface area (Å²) in [6.45, 7) is 2.61. The van der Waals surface area contributed by atoms with Crippen LogP contribution in [0.3, 0.4) is 0 Å². The molecule has 0 spiro atoms. The molecule has 3 nitrogen and oxygen atoms in total. The van der Waals surface area contributed by atoms with Crippen LogP contribution in [0.15, 0.2) is 36.4 Å². The predicted octanol–water partition coefficient (Wildman–Crippen LogP) is 7.78. The summed E-state index contributed by atoms with van der Waals surface area (Å²) < 4.78 is 10.5. The molecule has 1 aromatic carbocycles. The second-order valence-corrected chi connectivity index (χ2v) is 7.84. The van der Waals surface area contributed by atoms with E-state index in [-0.39, 0.29) is 5.97 Å². The maximum Gasteiger partial charge on any atom is 0.306 e. The van der Waals surface area contributed by atoms with Gasteiger partial charge in [-0.15, -0.1) is 0 Å². The summed E-state index contributed by atoms with van der Waals surface area (Å²) in [4.78, 5) is 11.8. The maximum atomic E-state index is 11.8. The number of methoxy groups -OCH3 is 1. The minimum Gasteiger partial charge on any atom is -0.497 e. The van der Waals surface area contributed by atoms with Crippen molar-refractivity contribution in [3.8, 4) is 5.75 Å². The molecule has 0 saturated heterocycles. The number of allylic oxidation sites excluding steroid dienone is 2.